The zero-order valence-electron chi connectivity index (χ0n) is 18.0. The molecule has 160 valence electrons. The Kier molecular flexibility index (Phi) is 6.00. The van der Waals surface area contributed by atoms with E-state index in [0.717, 1.165) is 48.6 Å². The number of nitrogens with zero attached hydrogens (tertiary/aromatic N) is 6. The van der Waals surface area contributed by atoms with Gasteiger partial charge in [0, 0.05) is 36.5 Å². The van der Waals surface area contributed by atoms with E-state index >= 15 is 0 Å². The van der Waals surface area contributed by atoms with Gasteiger partial charge in [0.25, 0.3) is 0 Å². The lowest BCUT2D eigenvalue weighted by Crippen LogP contribution is -2.41. The number of nitriles is 1. The van der Waals surface area contributed by atoms with Crippen molar-refractivity contribution in [1.29, 1.82) is 5.26 Å². The summed E-state index contributed by atoms with van der Waals surface area (Å²) >= 11 is 0. The van der Waals surface area contributed by atoms with Gasteiger partial charge in [-0.3, -0.25) is 5.10 Å². The molecule has 1 aromatic carbocycles. The normalized spacial score (nSPS) is 14.8. The minimum Gasteiger partial charge on any atom is -0.496 e. The van der Waals surface area contributed by atoms with Crippen LogP contribution in [-0.2, 0) is 0 Å². The predicted octanol–water partition coefficient (Wildman–Crippen LogP) is 3.02. The van der Waals surface area contributed by atoms with Crippen LogP contribution >= 0.6 is 0 Å². The second kappa shape index (κ2) is 9.02. The summed E-state index contributed by atoms with van der Waals surface area (Å²) in [6.45, 7) is 2.25. The molecule has 9 nitrogen and oxygen atoms in total. The Hall–Kier alpha value is -3.64. The molecule has 1 fully saturated rings. The number of H-pyrrole nitrogens is 1. The Morgan fingerprint density at radius 3 is 2.68 bits per heavy atom. The van der Waals surface area contributed by atoms with Crippen molar-refractivity contribution in [2.45, 2.75) is 18.9 Å². The molecule has 0 aliphatic carbocycles. The lowest BCUT2D eigenvalue weighted by Gasteiger charge is -2.36. The predicted molar refractivity (Wildman–Crippen MR) is 120 cm³/mol. The van der Waals surface area contributed by atoms with Crippen molar-refractivity contribution in [3.8, 4) is 23.1 Å². The third kappa shape index (κ3) is 4.59. The molecule has 9 heteroatoms. The van der Waals surface area contributed by atoms with Gasteiger partial charge in [0.1, 0.15) is 17.6 Å². The first-order chi connectivity index (χ1) is 15.1. The minimum absolute atomic E-state index is 0.267. The topological polar surface area (TPSA) is 106 Å². The number of ether oxygens (including phenoxy) is 1. The first-order valence-electron chi connectivity index (χ1n) is 10.2. The maximum atomic E-state index is 8.83. The molecule has 2 N–H and O–H groups in total. The van der Waals surface area contributed by atoms with Gasteiger partial charge in [-0.2, -0.15) is 10.4 Å². The SMILES string of the molecule is COc1cc(N(C)C2CCN(C)CC2)ccc1-c1cc(Nc2cnc(C#N)cn2)n[nH]1. The van der Waals surface area contributed by atoms with Crippen LogP contribution < -0.4 is 15.0 Å². The van der Waals surface area contributed by atoms with E-state index in [-0.39, 0.29) is 5.69 Å². The Bertz CT molecular complexity index is 1060. The number of hydrogen-bond acceptors (Lipinski definition) is 8. The van der Waals surface area contributed by atoms with Crippen LogP contribution in [0, 0.1) is 11.3 Å². The molecule has 0 atom stereocenters. The summed E-state index contributed by atoms with van der Waals surface area (Å²) in [5, 5.41) is 19.3. The monoisotopic (exact) mass is 418 g/mol. The van der Waals surface area contributed by atoms with Crippen LogP contribution in [0.15, 0.2) is 36.7 Å². The van der Waals surface area contributed by atoms with Gasteiger partial charge in [0.15, 0.2) is 11.5 Å². The Balaban J connectivity index is 1.51. The average molecular weight is 419 g/mol. The number of hydrogen-bond donors (Lipinski definition) is 2. The molecule has 0 radical (unpaired) electrons. The molecule has 3 aromatic rings. The zero-order valence-corrected chi connectivity index (χ0v) is 18.0. The lowest BCUT2D eigenvalue weighted by molar-refractivity contribution is 0.253. The summed E-state index contributed by atoms with van der Waals surface area (Å²) < 4.78 is 5.69. The standard InChI is InChI=1S/C22H26N8O/c1-29-8-6-16(7-9-29)30(2)17-4-5-18(20(10-17)31-3)19-11-21(28-27-19)26-22-14-24-15(12-23)13-25-22/h4-5,10-11,13-14,16H,6-9H2,1-3H3,(H2,25,26,27,28). The van der Waals surface area contributed by atoms with Crippen molar-refractivity contribution in [1.82, 2.24) is 25.1 Å². The van der Waals surface area contributed by atoms with Crippen molar-refractivity contribution in [3.05, 3.63) is 42.4 Å². The summed E-state index contributed by atoms with van der Waals surface area (Å²) in [5.74, 6) is 1.90. The molecule has 0 spiro atoms. The van der Waals surface area contributed by atoms with Crippen molar-refractivity contribution < 1.29 is 4.74 Å². The van der Waals surface area contributed by atoms with E-state index in [1.54, 1.807) is 7.11 Å². The molecule has 3 heterocycles. The number of anilines is 3. The van der Waals surface area contributed by atoms with Crippen LogP contribution in [-0.4, -0.2) is 65.4 Å². The van der Waals surface area contributed by atoms with Gasteiger partial charge in [0.05, 0.1) is 25.2 Å². The zero-order chi connectivity index (χ0) is 21.8. The summed E-state index contributed by atoms with van der Waals surface area (Å²) in [5.41, 5.74) is 3.16. The highest BCUT2D eigenvalue weighted by molar-refractivity contribution is 5.73. The first-order valence-corrected chi connectivity index (χ1v) is 10.2. The van der Waals surface area contributed by atoms with Gasteiger partial charge in [-0.05, 0) is 45.1 Å². The van der Waals surface area contributed by atoms with Crippen LogP contribution in [0.1, 0.15) is 18.5 Å². The van der Waals surface area contributed by atoms with Gasteiger partial charge in [-0.15, -0.1) is 0 Å². The van der Waals surface area contributed by atoms with E-state index in [1.165, 1.54) is 12.4 Å². The number of likely N-dealkylation sites (tertiary alicyclic amines) is 1. The van der Waals surface area contributed by atoms with Crippen molar-refractivity contribution >= 4 is 17.3 Å². The Labute approximate surface area is 181 Å². The third-order valence-corrected chi connectivity index (χ3v) is 5.72. The van der Waals surface area contributed by atoms with Crippen molar-refractivity contribution in [3.63, 3.8) is 0 Å². The van der Waals surface area contributed by atoms with Crippen LogP contribution in [0.3, 0.4) is 0 Å². The maximum Gasteiger partial charge on any atom is 0.158 e. The first kappa shape index (κ1) is 20.6. The number of rotatable bonds is 6. The Morgan fingerprint density at radius 1 is 1.19 bits per heavy atom. The highest BCUT2D eigenvalue weighted by Gasteiger charge is 2.22. The fourth-order valence-electron chi connectivity index (χ4n) is 3.82. The molecule has 0 saturated carbocycles. The van der Waals surface area contributed by atoms with E-state index in [2.05, 4.69) is 67.6 Å². The maximum absolute atomic E-state index is 8.83. The van der Waals surface area contributed by atoms with Crippen molar-refractivity contribution in [2.24, 2.45) is 0 Å². The number of methoxy groups -OCH3 is 1. The van der Waals surface area contributed by atoms with Gasteiger partial charge in [-0.1, -0.05) is 0 Å². The number of aromatic amines is 1. The van der Waals surface area contributed by atoms with Gasteiger partial charge < -0.3 is 19.9 Å². The van der Waals surface area contributed by atoms with Crippen molar-refractivity contribution in [2.75, 3.05) is 44.5 Å². The minimum atomic E-state index is 0.267. The summed E-state index contributed by atoms with van der Waals surface area (Å²) in [6, 6.07) is 10.6. The molecule has 0 amide bonds. The van der Waals surface area contributed by atoms with E-state index in [0.29, 0.717) is 17.7 Å². The van der Waals surface area contributed by atoms with Crippen LogP contribution in [0.25, 0.3) is 11.3 Å². The highest BCUT2D eigenvalue weighted by Crippen LogP contribution is 2.34. The summed E-state index contributed by atoms with van der Waals surface area (Å²) in [6.07, 6.45) is 5.23. The van der Waals surface area contributed by atoms with E-state index < -0.39 is 0 Å². The van der Waals surface area contributed by atoms with Gasteiger partial charge >= 0.3 is 0 Å². The summed E-state index contributed by atoms with van der Waals surface area (Å²) in [4.78, 5) is 12.9. The molecule has 2 aromatic heterocycles. The van der Waals surface area contributed by atoms with Gasteiger partial charge in [0.2, 0.25) is 0 Å². The van der Waals surface area contributed by atoms with E-state index in [1.807, 2.05) is 12.1 Å². The third-order valence-electron chi connectivity index (χ3n) is 5.72. The molecule has 1 aliphatic rings. The number of benzene rings is 1. The number of nitrogens with one attached hydrogen (secondary N) is 2. The second-order valence-electron chi connectivity index (χ2n) is 7.72. The molecule has 4 rings (SSSR count). The van der Waals surface area contributed by atoms with Gasteiger partial charge in [-0.25, -0.2) is 9.97 Å². The average Bonchev–Trinajstić information content (AvgIpc) is 3.27. The molecular formula is C22H26N8O. The Morgan fingerprint density at radius 2 is 2.00 bits per heavy atom. The van der Waals surface area contributed by atoms with Crippen LogP contribution in [0.5, 0.6) is 5.75 Å². The molecule has 1 aliphatic heterocycles. The fourth-order valence-corrected chi connectivity index (χ4v) is 3.82. The van der Waals surface area contributed by atoms with Crippen LogP contribution in [0.2, 0.25) is 0 Å². The fraction of sp³-hybridized carbons (Fsp3) is 0.364. The second-order valence-corrected chi connectivity index (χ2v) is 7.72. The number of aromatic nitrogens is 4. The smallest absolute Gasteiger partial charge is 0.158 e. The molecular weight excluding hydrogens is 392 g/mol. The largest absolute Gasteiger partial charge is 0.496 e. The molecule has 31 heavy (non-hydrogen) atoms. The van der Waals surface area contributed by atoms with E-state index in [9.17, 15) is 0 Å². The molecule has 1 saturated heterocycles. The van der Waals surface area contributed by atoms with E-state index in [4.69, 9.17) is 10.00 Å². The lowest BCUT2D eigenvalue weighted by atomic mass is 10.0. The highest BCUT2D eigenvalue weighted by atomic mass is 16.5. The summed E-state index contributed by atoms with van der Waals surface area (Å²) in [7, 11) is 6.01. The van der Waals surface area contributed by atoms with Crippen LogP contribution in [0.4, 0.5) is 17.3 Å². The number of piperidine rings is 1. The molecule has 0 unspecified atom stereocenters. The molecule has 0 bridgehead atoms. The quantitative estimate of drug-likeness (QED) is 0.629.